The topological polar surface area (TPSA) is 137 Å². The number of hydrogen-bond acceptors (Lipinski definition) is 9. The number of hydrogen-bond donors (Lipinski definition) is 1. The van der Waals surface area contributed by atoms with E-state index in [1.807, 2.05) is 0 Å². The van der Waals surface area contributed by atoms with Crippen LogP contribution in [-0.4, -0.2) is 77.2 Å². The second-order valence-corrected chi connectivity index (χ2v) is 13.3. The molecule has 15 heteroatoms. The van der Waals surface area contributed by atoms with Crippen LogP contribution in [0.25, 0.3) is 22.0 Å². The summed E-state index contributed by atoms with van der Waals surface area (Å²) in [4.78, 5) is 42.2. The largest absolute Gasteiger partial charge is 0.497 e. The molecule has 1 N–H and O–H groups in total. The molecule has 0 unspecified atom stereocenters. The number of methoxy groups -OCH3 is 2. The second kappa shape index (κ2) is 14.1. The molecule has 0 saturated carbocycles. The van der Waals surface area contributed by atoms with Gasteiger partial charge in [0.2, 0.25) is 0 Å². The van der Waals surface area contributed by atoms with E-state index in [9.17, 15) is 24.8 Å². The number of pyridine rings is 1. The first-order valence-electron chi connectivity index (χ1n) is 15.7. The molecule has 2 atom stereocenters. The van der Waals surface area contributed by atoms with Crippen LogP contribution in [-0.2, 0) is 11.3 Å². The summed E-state index contributed by atoms with van der Waals surface area (Å²) in [6.45, 7) is 5.63. The summed E-state index contributed by atoms with van der Waals surface area (Å²) >= 11 is 6.73. The summed E-state index contributed by atoms with van der Waals surface area (Å²) in [5.74, 6) is -1.51. The van der Waals surface area contributed by atoms with E-state index in [4.69, 9.17) is 25.8 Å². The van der Waals surface area contributed by atoms with Crippen LogP contribution in [0.4, 0.5) is 25.0 Å². The molecule has 5 rings (SSSR count). The third kappa shape index (κ3) is 6.77. The zero-order valence-electron chi connectivity index (χ0n) is 28.3. The van der Waals surface area contributed by atoms with Gasteiger partial charge < -0.3 is 29.1 Å². The standard InChI is InChI=1S/C35H37ClF2N4O8/c1-19-15-40(21(18-43)17-39(19)34(45)50-35(2,3)4)31-23-14-24(36)27(28-25(37)8-7-9-26(28)49-6)29(38)30(23)41(33(44)32(31)42(46)47)16-20-10-12-22(48-5)13-11-20/h7-14,19,21,43H,15-18H2,1-6H3/t19-,21-/m1/s1. The molecule has 0 bridgehead atoms. The van der Waals surface area contributed by atoms with Gasteiger partial charge >= 0.3 is 17.3 Å². The van der Waals surface area contributed by atoms with E-state index in [0.29, 0.717) is 11.3 Å². The zero-order chi connectivity index (χ0) is 36.7. The number of nitrogens with zero attached hydrogens (tertiary/aromatic N) is 4. The Balaban J connectivity index is 1.83. The maximum atomic E-state index is 17.2. The van der Waals surface area contributed by atoms with Gasteiger partial charge in [0, 0.05) is 30.1 Å². The molecule has 1 amide bonds. The Hall–Kier alpha value is -4.95. The smallest absolute Gasteiger partial charge is 0.410 e. The highest BCUT2D eigenvalue weighted by atomic mass is 35.5. The third-order valence-corrected chi connectivity index (χ3v) is 8.78. The van der Waals surface area contributed by atoms with Crippen LogP contribution in [0.1, 0.15) is 33.3 Å². The molecular weight excluding hydrogens is 678 g/mol. The number of nitro groups is 1. The average Bonchev–Trinajstić information content (AvgIpc) is 3.05. The molecule has 0 aliphatic carbocycles. The summed E-state index contributed by atoms with van der Waals surface area (Å²) < 4.78 is 49.7. The van der Waals surface area contributed by atoms with Gasteiger partial charge in [-0.05, 0) is 63.6 Å². The number of carbonyl (C=O) groups is 1. The van der Waals surface area contributed by atoms with Crippen LogP contribution >= 0.6 is 11.6 Å². The number of amides is 1. The van der Waals surface area contributed by atoms with Gasteiger partial charge in [0.15, 0.2) is 5.82 Å². The summed E-state index contributed by atoms with van der Waals surface area (Å²) in [5, 5.41) is 22.9. The summed E-state index contributed by atoms with van der Waals surface area (Å²) in [5.41, 5.74) is -3.82. The van der Waals surface area contributed by atoms with Gasteiger partial charge in [-0.25, -0.2) is 13.6 Å². The van der Waals surface area contributed by atoms with Crippen LogP contribution in [0.15, 0.2) is 53.3 Å². The Kier molecular flexibility index (Phi) is 10.3. The number of ether oxygens (including phenoxy) is 3. The minimum atomic E-state index is -1.15. The molecule has 0 radical (unpaired) electrons. The maximum absolute atomic E-state index is 17.2. The molecule has 1 aliphatic rings. The van der Waals surface area contributed by atoms with Crippen molar-refractivity contribution < 1.29 is 37.8 Å². The summed E-state index contributed by atoms with van der Waals surface area (Å²) in [7, 11) is 2.75. The fraction of sp³-hybridized carbons (Fsp3) is 0.371. The molecule has 4 aromatic rings. The quantitative estimate of drug-likeness (QED) is 0.163. The van der Waals surface area contributed by atoms with Crippen LogP contribution < -0.4 is 19.9 Å². The van der Waals surface area contributed by atoms with E-state index in [1.54, 1.807) is 52.0 Å². The fourth-order valence-corrected chi connectivity index (χ4v) is 6.51. The van der Waals surface area contributed by atoms with Crippen LogP contribution in [0.5, 0.6) is 11.5 Å². The zero-order valence-corrected chi connectivity index (χ0v) is 29.1. The fourth-order valence-electron chi connectivity index (χ4n) is 6.22. The van der Waals surface area contributed by atoms with E-state index in [-0.39, 0.29) is 47.0 Å². The van der Waals surface area contributed by atoms with Gasteiger partial charge in [0.05, 0.1) is 54.4 Å². The van der Waals surface area contributed by atoms with Crippen molar-refractivity contribution in [3.63, 3.8) is 0 Å². The van der Waals surface area contributed by atoms with Crippen molar-refractivity contribution in [2.45, 2.75) is 51.9 Å². The van der Waals surface area contributed by atoms with Gasteiger partial charge in [-0.15, -0.1) is 0 Å². The minimum Gasteiger partial charge on any atom is -0.497 e. The molecular formula is C35H37ClF2N4O8. The Morgan fingerprint density at radius 2 is 1.76 bits per heavy atom. The number of anilines is 1. The van der Waals surface area contributed by atoms with Gasteiger partial charge in [0.25, 0.3) is 0 Å². The number of rotatable bonds is 8. The van der Waals surface area contributed by atoms with E-state index >= 15 is 8.78 Å². The van der Waals surface area contributed by atoms with Crippen LogP contribution in [0.3, 0.4) is 0 Å². The highest BCUT2D eigenvalue weighted by Gasteiger charge is 2.41. The third-order valence-electron chi connectivity index (χ3n) is 8.48. The van der Waals surface area contributed by atoms with Gasteiger partial charge in [0.1, 0.15) is 28.6 Å². The lowest BCUT2D eigenvalue weighted by molar-refractivity contribution is -0.385. The number of aromatic nitrogens is 1. The number of halogens is 3. The predicted octanol–water partition coefficient (Wildman–Crippen LogP) is 6.38. The molecule has 1 saturated heterocycles. The van der Waals surface area contributed by atoms with Crippen molar-refractivity contribution in [1.82, 2.24) is 9.47 Å². The Labute approximate surface area is 291 Å². The summed E-state index contributed by atoms with van der Waals surface area (Å²) in [6.07, 6.45) is -0.657. The Bertz CT molecular complexity index is 2020. The normalized spacial score (nSPS) is 16.4. The first-order chi connectivity index (χ1) is 23.6. The first kappa shape index (κ1) is 36.3. The molecule has 1 fully saturated rings. The average molecular weight is 715 g/mol. The van der Waals surface area contributed by atoms with E-state index in [1.165, 1.54) is 42.2 Å². The molecule has 1 aliphatic heterocycles. The molecule has 2 heterocycles. The highest BCUT2D eigenvalue weighted by molar-refractivity contribution is 6.34. The molecule has 266 valence electrons. The van der Waals surface area contributed by atoms with Crippen molar-refractivity contribution in [2.24, 2.45) is 0 Å². The number of piperazine rings is 1. The molecule has 1 aromatic heterocycles. The maximum Gasteiger partial charge on any atom is 0.410 e. The van der Waals surface area contributed by atoms with Crippen molar-refractivity contribution in [3.05, 3.63) is 91.2 Å². The number of benzene rings is 3. The van der Waals surface area contributed by atoms with Crippen molar-refractivity contribution in [2.75, 3.05) is 38.8 Å². The first-order valence-corrected chi connectivity index (χ1v) is 16.0. The molecule has 12 nitrogen and oxygen atoms in total. The SMILES string of the molecule is COc1ccc(Cn2c(=O)c([N+](=O)[O-])c(N3C[C@@H](C)N(C(=O)OC(C)(C)C)C[C@@H]3CO)c3cc(Cl)c(-c4c(F)cccc4OC)c(F)c32)cc1. The molecule has 3 aromatic carbocycles. The van der Waals surface area contributed by atoms with Gasteiger partial charge in [-0.3, -0.25) is 19.5 Å². The lowest BCUT2D eigenvalue weighted by Gasteiger charge is -2.45. The number of aliphatic hydroxyl groups excluding tert-OH is 1. The van der Waals surface area contributed by atoms with E-state index in [2.05, 4.69) is 0 Å². The number of carbonyl (C=O) groups excluding carboxylic acids is 1. The Morgan fingerprint density at radius 1 is 1.08 bits per heavy atom. The van der Waals surface area contributed by atoms with Crippen molar-refractivity contribution in [3.8, 4) is 22.6 Å². The van der Waals surface area contributed by atoms with Crippen LogP contribution in [0, 0.1) is 21.7 Å². The van der Waals surface area contributed by atoms with Crippen molar-refractivity contribution >= 4 is 40.0 Å². The predicted molar refractivity (Wildman–Crippen MR) is 184 cm³/mol. The molecule has 0 spiro atoms. The monoisotopic (exact) mass is 714 g/mol. The molecule has 50 heavy (non-hydrogen) atoms. The van der Waals surface area contributed by atoms with Crippen LogP contribution in [0.2, 0.25) is 5.02 Å². The number of fused-ring (bicyclic) bond motifs is 1. The number of aliphatic hydroxyl groups is 1. The van der Waals surface area contributed by atoms with E-state index < -0.39 is 69.3 Å². The van der Waals surface area contributed by atoms with Gasteiger partial charge in [-0.1, -0.05) is 29.8 Å². The lowest BCUT2D eigenvalue weighted by atomic mass is 9.98. The second-order valence-electron chi connectivity index (χ2n) is 12.9. The van der Waals surface area contributed by atoms with Crippen molar-refractivity contribution in [1.29, 1.82) is 0 Å². The highest BCUT2D eigenvalue weighted by Crippen LogP contribution is 2.45. The Morgan fingerprint density at radius 3 is 2.34 bits per heavy atom. The lowest BCUT2D eigenvalue weighted by Crippen LogP contribution is -2.61. The van der Waals surface area contributed by atoms with Gasteiger partial charge in [-0.2, -0.15) is 0 Å². The van der Waals surface area contributed by atoms with E-state index in [0.717, 1.165) is 10.6 Å². The minimum absolute atomic E-state index is 0.0382. The summed E-state index contributed by atoms with van der Waals surface area (Å²) in [6, 6.07) is 9.98.